The standard InChI is InChI=1S/C11H18N4O3/c1-4-5-8(2)6-18-11-9(15(16)17)10(12-3)13-7-14-11/h7-8H,4-6H2,1-3H3,(H,12,13,14). The molecule has 0 fully saturated rings. The van der Waals surface area contributed by atoms with Crippen molar-refractivity contribution in [2.24, 2.45) is 5.92 Å². The van der Waals surface area contributed by atoms with Crippen LogP contribution < -0.4 is 10.1 Å². The average molecular weight is 254 g/mol. The molecule has 0 spiro atoms. The normalized spacial score (nSPS) is 11.9. The minimum atomic E-state index is -0.536. The first-order valence-corrected chi connectivity index (χ1v) is 5.90. The summed E-state index contributed by atoms with van der Waals surface area (Å²) >= 11 is 0. The maximum absolute atomic E-state index is 11.0. The van der Waals surface area contributed by atoms with E-state index < -0.39 is 4.92 Å². The zero-order chi connectivity index (χ0) is 13.5. The van der Waals surface area contributed by atoms with Gasteiger partial charge in [-0.25, -0.2) is 4.98 Å². The number of nitrogens with one attached hydrogen (secondary N) is 1. The van der Waals surface area contributed by atoms with Crippen LogP contribution in [-0.2, 0) is 0 Å². The lowest BCUT2D eigenvalue weighted by Crippen LogP contribution is -2.11. The number of aromatic nitrogens is 2. The van der Waals surface area contributed by atoms with Crippen LogP contribution in [0, 0.1) is 16.0 Å². The number of ether oxygens (including phenoxy) is 1. The van der Waals surface area contributed by atoms with Crippen LogP contribution in [0.15, 0.2) is 6.33 Å². The molecule has 0 saturated carbocycles. The van der Waals surface area contributed by atoms with E-state index in [9.17, 15) is 10.1 Å². The van der Waals surface area contributed by atoms with Gasteiger partial charge in [-0.3, -0.25) is 10.1 Å². The van der Waals surface area contributed by atoms with Gasteiger partial charge in [-0.1, -0.05) is 20.3 Å². The summed E-state index contributed by atoms with van der Waals surface area (Å²) in [7, 11) is 1.57. The van der Waals surface area contributed by atoms with Gasteiger partial charge >= 0.3 is 5.69 Å². The van der Waals surface area contributed by atoms with Crippen LogP contribution in [0.1, 0.15) is 26.7 Å². The highest BCUT2D eigenvalue weighted by Gasteiger charge is 2.23. The van der Waals surface area contributed by atoms with Gasteiger partial charge in [-0.15, -0.1) is 0 Å². The van der Waals surface area contributed by atoms with Crippen LogP contribution in [0.3, 0.4) is 0 Å². The first-order chi connectivity index (χ1) is 8.60. The highest BCUT2D eigenvalue weighted by Crippen LogP contribution is 2.30. The third-order valence-electron chi connectivity index (χ3n) is 2.49. The fourth-order valence-electron chi connectivity index (χ4n) is 1.61. The van der Waals surface area contributed by atoms with Gasteiger partial charge in [0.1, 0.15) is 6.33 Å². The lowest BCUT2D eigenvalue weighted by Gasteiger charge is -2.11. The summed E-state index contributed by atoms with van der Waals surface area (Å²) in [5.74, 6) is 0.512. The second-order valence-corrected chi connectivity index (χ2v) is 4.09. The molecule has 1 aromatic rings. The molecule has 7 heteroatoms. The summed E-state index contributed by atoms with van der Waals surface area (Å²) in [4.78, 5) is 18.1. The van der Waals surface area contributed by atoms with E-state index in [1.807, 2.05) is 6.92 Å². The summed E-state index contributed by atoms with van der Waals surface area (Å²) in [6.07, 6.45) is 3.31. The van der Waals surface area contributed by atoms with Crippen LogP contribution in [0.5, 0.6) is 5.88 Å². The van der Waals surface area contributed by atoms with Gasteiger partial charge in [-0.05, 0) is 12.3 Å². The van der Waals surface area contributed by atoms with Gasteiger partial charge in [0.05, 0.1) is 11.5 Å². The van der Waals surface area contributed by atoms with E-state index in [1.165, 1.54) is 6.33 Å². The molecular weight excluding hydrogens is 236 g/mol. The minimum absolute atomic E-state index is 0.0160. The predicted molar refractivity (Wildman–Crippen MR) is 67.8 cm³/mol. The molecule has 0 aliphatic heterocycles. The third kappa shape index (κ3) is 3.54. The molecule has 0 aliphatic rings. The molecule has 0 aliphatic carbocycles. The lowest BCUT2D eigenvalue weighted by molar-refractivity contribution is -0.385. The first kappa shape index (κ1) is 14.1. The predicted octanol–water partition coefficient (Wildman–Crippen LogP) is 2.24. The van der Waals surface area contributed by atoms with Crippen molar-refractivity contribution in [2.45, 2.75) is 26.7 Å². The van der Waals surface area contributed by atoms with E-state index in [1.54, 1.807) is 7.05 Å². The van der Waals surface area contributed by atoms with Crippen LogP contribution in [0.4, 0.5) is 11.5 Å². The second kappa shape index (κ2) is 6.73. The highest BCUT2D eigenvalue weighted by molar-refractivity contribution is 5.60. The number of anilines is 1. The van der Waals surface area contributed by atoms with Crippen molar-refractivity contribution in [3.8, 4) is 5.88 Å². The Balaban J connectivity index is 2.85. The van der Waals surface area contributed by atoms with Crippen molar-refractivity contribution >= 4 is 11.5 Å². The van der Waals surface area contributed by atoms with Crippen LogP contribution >= 0.6 is 0 Å². The molecule has 1 atom stereocenters. The maximum atomic E-state index is 11.0. The third-order valence-corrected chi connectivity index (χ3v) is 2.49. The molecule has 7 nitrogen and oxygen atoms in total. The number of hydrogen-bond donors (Lipinski definition) is 1. The Hall–Kier alpha value is -1.92. The maximum Gasteiger partial charge on any atom is 0.372 e. The van der Waals surface area contributed by atoms with Crippen molar-refractivity contribution in [3.05, 3.63) is 16.4 Å². The monoisotopic (exact) mass is 254 g/mol. The molecule has 1 N–H and O–H groups in total. The van der Waals surface area contributed by atoms with E-state index in [4.69, 9.17) is 4.74 Å². The Morgan fingerprint density at radius 2 is 2.28 bits per heavy atom. The van der Waals surface area contributed by atoms with Crippen molar-refractivity contribution in [1.29, 1.82) is 0 Å². The van der Waals surface area contributed by atoms with Gasteiger partial charge < -0.3 is 10.1 Å². The zero-order valence-corrected chi connectivity index (χ0v) is 10.8. The molecule has 0 saturated heterocycles. The van der Waals surface area contributed by atoms with Crippen molar-refractivity contribution in [1.82, 2.24) is 9.97 Å². The van der Waals surface area contributed by atoms with Gasteiger partial charge in [0.2, 0.25) is 5.82 Å². The summed E-state index contributed by atoms with van der Waals surface area (Å²) in [6, 6.07) is 0. The SMILES string of the molecule is CCCC(C)COc1ncnc(NC)c1[N+](=O)[O-]. The smallest absolute Gasteiger partial charge is 0.372 e. The Bertz CT molecular complexity index is 411. The Kier molecular flexibility index (Phi) is 5.29. The van der Waals surface area contributed by atoms with Crippen LogP contribution in [0.25, 0.3) is 0 Å². The summed E-state index contributed by atoms with van der Waals surface area (Å²) in [5.41, 5.74) is -0.219. The van der Waals surface area contributed by atoms with E-state index >= 15 is 0 Å². The molecule has 1 heterocycles. The van der Waals surface area contributed by atoms with E-state index in [0.717, 1.165) is 12.8 Å². The Morgan fingerprint density at radius 3 is 2.83 bits per heavy atom. The molecular formula is C11H18N4O3. The van der Waals surface area contributed by atoms with Gasteiger partial charge in [0.25, 0.3) is 5.88 Å². The molecule has 0 amide bonds. The van der Waals surface area contributed by atoms with Crippen molar-refractivity contribution < 1.29 is 9.66 Å². The van der Waals surface area contributed by atoms with Crippen molar-refractivity contribution in [3.63, 3.8) is 0 Å². The fraction of sp³-hybridized carbons (Fsp3) is 0.636. The van der Waals surface area contributed by atoms with Gasteiger partial charge in [0.15, 0.2) is 0 Å². The highest BCUT2D eigenvalue weighted by atomic mass is 16.6. The van der Waals surface area contributed by atoms with Crippen LogP contribution in [-0.4, -0.2) is 28.5 Å². The van der Waals surface area contributed by atoms with Crippen LogP contribution in [0.2, 0.25) is 0 Å². The number of rotatable bonds is 7. The summed E-state index contributed by atoms with van der Waals surface area (Å²) in [6.45, 7) is 4.53. The molecule has 0 radical (unpaired) electrons. The van der Waals surface area contributed by atoms with E-state index in [2.05, 4.69) is 22.2 Å². The zero-order valence-electron chi connectivity index (χ0n) is 10.8. The number of nitrogens with zero attached hydrogens (tertiary/aromatic N) is 3. The molecule has 1 unspecified atom stereocenters. The largest absolute Gasteiger partial charge is 0.472 e. The van der Waals surface area contributed by atoms with Crippen molar-refractivity contribution in [2.75, 3.05) is 19.0 Å². The molecule has 100 valence electrons. The lowest BCUT2D eigenvalue weighted by atomic mass is 10.1. The Morgan fingerprint density at radius 1 is 1.56 bits per heavy atom. The summed E-state index contributed by atoms with van der Waals surface area (Å²) in [5, 5.41) is 13.6. The number of nitro groups is 1. The second-order valence-electron chi connectivity index (χ2n) is 4.09. The quantitative estimate of drug-likeness (QED) is 0.592. The molecule has 1 aromatic heterocycles. The molecule has 1 rings (SSSR count). The summed E-state index contributed by atoms with van der Waals surface area (Å²) < 4.78 is 5.42. The average Bonchev–Trinajstić information content (AvgIpc) is 2.35. The Labute approximate surface area is 106 Å². The van der Waals surface area contributed by atoms with Gasteiger partial charge in [0, 0.05) is 7.05 Å². The minimum Gasteiger partial charge on any atom is -0.472 e. The molecule has 0 bridgehead atoms. The van der Waals surface area contributed by atoms with E-state index in [-0.39, 0.29) is 17.4 Å². The topological polar surface area (TPSA) is 90.2 Å². The molecule has 0 aromatic carbocycles. The number of hydrogen-bond acceptors (Lipinski definition) is 6. The van der Waals surface area contributed by atoms with Gasteiger partial charge in [-0.2, -0.15) is 4.98 Å². The fourth-order valence-corrected chi connectivity index (χ4v) is 1.61. The van der Waals surface area contributed by atoms with E-state index in [0.29, 0.717) is 12.5 Å². The molecule has 18 heavy (non-hydrogen) atoms. The first-order valence-electron chi connectivity index (χ1n) is 5.90.